The van der Waals surface area contributed by atoms with Crippen LogP contribution in [0.4, 0.5) is 0 Å². The third kappa shape index (κ3) is 7.49. The van der Waals surface area contributed by atoms with Gasteiger partial charge in [-0.1, -0.05) is 62.8 Å². The highest BCUT2D eigenvalue weighted by molar-refractivity contribution is 5.98. The maximum atomic E-state index is 14.7. The molecule has 11 heteroatoms. The molecular formula is C38H55N3O8. The number of carbonyl (C=O) groups is 4. The number of hydrogen-bond acceptors (Lipinski definition) is 8. The lowest BCUT2D eigenvalue weighted by molar-refractivity contribution is -0.164. The largest absolute Gasteiger partial charge is 0.455 e. The van der Waals surface area contributed by atoms with Crippen molar-refractivity contribution in [1.29, 1.82) is 0 Å². The first kappa shape index (κ1) is 38.3. The molecule has 3 heterocycles. The highest BCUT2D eigenvalue weighted by Gasteiger charge is 2.76. The molecule has 3 fully saturated rings. The first-order chi connectivity index (χ1) is 23.3. The van der Waals surface area contributed by atoms with Gasteiger partial charge in [-0.15, -0.1) is 13.2 Å². The molecule has 1 spiro atoms. The van der Waals surface area contributed by atoms with Crippen LogP contribution in [-0.4, -0.2) is 101 Å². The second-order valence-corrected chi connectivity index (χ2v) is 14.6. The molecule has 2 N–H and O–H groups in total. The van der Waals surface area contributed by atoms with Gasteiger partial charge in [0.25, 0.3) is 0 Å². The van der Waals surface area contributed by atoms with E-state index >= 15 is 0 Å². The number of methoxy groups -OCH3 is 1. The summed E-state index contributed by atoms with van der Waals surface area (Å²) in [6, 6.07) is 6.66. The minimum absolute atomic E-state index is 0.0624. The van der Waals surface area contributed by atoms with Crippen LogP contribution in [0.3, 0.4) is 0 Å². The Balaban J connectivity index is 1.76. The van der Waals surface area contributed by atoms with Gasteiger partial charge in [0.1, 0.15) is 17.7 Å². The van der Waals surface area contributed by atoms with Gasteiger partial charge in [-0.3, -0.25) is 19.2 Å². The normalized spacial score (nSPS) is 26.8. The molecule has 3 saturated heterocycles. The molecule has 0 aliphatic carbocycles. The van der Waals surface area contributed by atoms with Crippen molar-refractivity contribution in [2.24, 2.45) is 17.8 Å². The number of allylic oxidation sites excluding steroid dienone is 1. The van der Waals surface area contributed by atoms with Gasteiger partial charge in [0.2, 0.25) is 17.7 Å². The lowest BCUT2D eigenvalue weighted by atomic mass is 9.70. The quantitative estimate of drug-likeness (QED) is 0.187. The van der Waals surface area contributed by atoms with Crippen molar-refractivity contribution < 1.29 is 38.5 Å². The Morgan fingerprint density at radius 3 is 2.47 bits per heavy atom. The summed E-state index contributed by atoms with van der Waals surface area (Å²) < 4.78 is 18.5. The molecule has 3 amide bonds. The summed E-state index contributed by atoms with van der Waals surface area (Å²) in [6.07, 6.45) is 3.96. The van der Waals surface area contributed by atoms with Crippen molar-refractivity contribution in [3.63, 3.8) is 0 Å². The fourth-order valence-electron chi connectivity index (χ4n) is 7.91. The number of nitrogens with zero attached hydrogens (tertiary/aromatic N) is 2. The van der Waals surface area contributed by atoms with Crippen LogP contribution in [0.5, 0.6) is 0 Å². The minimum Gasteiger partial charge on any atom is -0.455 e. The van der Waals surface area contributed by atoms with E-state index < -0.39 is 65.2 Å². The van der Waals surface area contributed by atoms with E-state index in [4.69, 9.17) is 14.2 Å². The van der Waals surface area contributed by atoms with E-state index in [0.29, 0.717) is 31.2 Å². The van der Waals surface area contributed by atoms with E-state index in [9.17, 15) is 24.3 Å². The maximum absolute atomic E-state index is 14.7. The Morgan fingerprint density at radius 2 is 1.90 bits per heavy atom. The number of nitrogens with one attached hydrogen (secondary N) is 1. The lowest BCUT2D eigenvalue weighted by Crippen LogP contribution is -2.62. The van der Waals surface area contributed by atoms with Crippen molar-refractivity contribution in [3.8, 4) is 0 Å². The molecule has 3 aliphatic heterocycles. The first-order valence-corrected chi connectivity index (χ1v) is 17.5. The monoisotopic (exact) mass is 681 g/mol. The van der Waals surface area contributed by atoms with Crippen LogP contribution >= 0.6 is 0 Å². The number of benzene rings is 1. The van der Waals surface area contributed by atoms with Gasteiger partial charge in [-0.05, 0) is 51.5 Å². The molecule has 0 unspecified atom stereocenters. The third-order valence-electron chi connectivity index (χ3n) is 10.5. The van der Waals surface area contributed by atoms with Gasteiger partial charge in [-0.2, -0.15) is 0 Å². The van der Waals surface area contributed by atoms with Gasteiger partial charge < -0.3 is 34.4 Å². The van der Waals surface area contributed by atoms with Crippen LogP contribution in [0.2, 0.25) is 0 Å². The third-order valence-corrected chi connectivity index (χ3v) is 10.5. The molecule has 1 aromatic rings. The molecule has 2 bridgehead atoms. The van der Waals surface area contributed by atoms with Gasteiger partial charge in [0, 0.05) is 25.6 Å². The minimum atomic E-state index is -1.28. The second kappa shape index (κ2) is 16.0. The highest BCUT2D eigenvalue weighted by atomic mass is 16.6. The van der Waals surface area contributed by atoms with Crippen LogP contribution in [0.15, 0.2) is 55.6 Å². The number of hydrogen-bond donors (Lipinski definition) is 2. The number of aliphatic hydroxyl groups excluding tert-OH is 1. The molecule has 4 rings (SSSR count). The molecule has 1 aromatic carbocycles. The molecule has 3 aliphatic rings. The maximum Gasteiger partial charge on any atom is 0.313 e. The van der Waals surface area contributed by atoms with Crippen LogP contribution in [-0.2, 0) is 33.4 Å². The first-order valence-electron chi connectivity index (χ1n) is 17.5. The molecule has 0 saturated carbocycles. The van der Waals surface area contributed by atoms with E-state index in [1.54, 1.807) is 17.1 Å². The fraction of sp³-hybridized carbons (Fsp3) is 0.632. The summed E-state index contributed by atoms with van der Waals surface area (Å²) in [4.78, 5) is 60.0. The fourth-order valence-corrected chi connectivity index (χ4v) is 7.91. The number of carbonyl (C=O) groups excluding carboxylic acids is 4. The number of aliphatic hydroxyl groups is 1. The Morgan fingerprint density at radius 1 is 1.20 bits per heavy atom. The number of ether oxygens (including phenoxy) is 3. The van der Waals surface area contributed by atoms with Crippen molar-refractivity contribution in [2.45, 2.75) is 108 Å². The average molecular weight is 682 g/mol. The van der Waals surface area contributed by atoms with Gasteiger partial charge in [-0.25, -0.2) is 0 Å². The van der Waals surface area contributed by atoms with E-state index in [0.717, 1.165) is 0 Å². The average Bonchev–Trinajstić information content (AvgIpc) is 3.72. The second-order valence-electron chi connectivity index (χ2n) is 14.6. The molecule has 11 nitrogen and oxygen atoms in total. The predicted molar refractivity (Wildman–Crippen MR) is 185 cm³/mol. The summed E-state index contributed by atoms with van der Waals surface area (Å²) in [6.45, 7) is 17.2. The zero-order valence-corrected chi connectivity index (χ0v) is 29.9. The number of fused-ring (bicyclic) bond motifs is 1. The van der Waals surface area contributed by atoms with E-state index in [1.165, 1.54) is 12.0 Å². The molecule has 270 valence electrons. The van der Waals surface area contributed by atoms with Gasteiger partial charge in [0.05, 0.1) is 43.2 Å². The summed E-state index contributed by atoms with van der Waals surface area (Å²) in [7, 11) is 1.51. The van der Waals surface area contributed by atoms with E-state index in [1.807, 2.05) is 65.0 Å². The van der Waals surface area contributed by atoms with Crippen LogP contribution in [0, 0.1) is 17.8 Å². The summed E-state index contributed by atoms with van der Waals surface area (Å²) in [5.74, 6) is -3.70. The summed E-state index contributed by atoms with van der Waals surface area (Å²) in [5.41, 5.74) is -1.24. The van der Waals surface area contributed by atoms with Crippen molar-refractivity contribution in [2.75, 3.05) is 26.9 Å². The van der Waals surface area contributed by atoms with Gasteiger partial charge >= 0.3 is 5.97 Å². The van der Waals surface area contributed by atoms with Crippen molar-refractivity contribution >= 4 is 23.7 Å². The van der Waals surface area contributed by atoms with Crippen LogP contribution < -0.4 is 5.32 Å². The summed E-state index contributed by atoms with van der Waals surface area (Å²) >= 11 is 0. The molecule has 0 aromatic heterocycles. The number of likely N-dealkylation sites (tertiary alicyclic amines) is 1. The van der Waals surface area contributed by atoms with Crippen molar-refractivity contribution in [3.05, 3.63) is 61.2 Å². The zero-order valence-electron chi connectivity index (χ0n) is 29.9. The Hall–Kier alpha value is -3.54. The zero-order chi connectivity index (χ0) is 36.1. The van der Waals surface area contributed by atoms with Crippen molar-refractivity contribution in [1.82, 2.24) is 15.1 Å². The smallest absolute Gasteiger partial charge is 0.313 e. The molecular weight excluding hydrogens is 626 g/mol. The Kier molecular flexibility index (Phi) is 12.5. The lowest BCUT2D eigenvalue weighted by Gasteiger charge is -2.44. The van der Waals surface area contributed by atoms with E-state index in [-0.39, 0.29) is 43.9 Å². The Labute approximate surface area is 291 Å². The van der Waals surface area contributed by atoms with Crippen LogP contribution in [0.1, 0.15) is 78.4 Å². The Bertz CT molecular complexity index is 1360. The molecule has 9 atom stereocenters. The summed E-state index contributed by atoms with van der Waals surface area (Å²) in [5, 5.41) is 13.6. The van der Waals surface area contributed by atoms with Gasteiger partial charge in [0.15, 0.2) is 0 Å². The number of esters is 1. The standard InChI is InChI=1S/C38H55N3O8/c1-9-12-18-29(43)39-26(23-47-8)32(25-16-14-13-15-17-25)48-36(46)30-28-19-20-38(49-28)31(30)34(44)41(27(22-42)24(4)11-3)33(38)35(45)40(21-10-2)37(5,6)7/h9-10,13-17,24,26-28,30-33,42H,1-2,11-12,18-23H2,3-8H3,(H,39,43)/t24-,26-,27-,28-,30+,31+,32-,33-,38+/m0/s1. The predicted octanol–water partition coefficient (Wildman–Crippen LogP) is 3.96. The van der Waals surface area contributed by atoms with Crippen LogP contribution in [0.25, 0.3) is 0 Å². The highest BCUT2D eigenvalue weighted by Crippen LogP contribution is 2.60. The van der Waals surface area contributed by atoms with E-state index in [2.05, 4.69) is 18.5 Å². The SMILES string of the molecule is C=CCCC(=O)N[C@@H](COC)[C@@H](OC(=O)[C@@H]1[C@@H]2CC[C@]3(O2)[C@H](C(=O)N(CC=C)C(C)(C)C)N([C@@H](CO)[C@@H](C)CC)C(=O)[C@@H]13)c1ccccc1. The molecule has 0 radical (unpaired) electrons. The topological polar surface area (TPSA) is 135 Å². The number of amides is 3. The number of rotatable bonds is 17. The molecule has 49 heavy (non-hydrogen) atoms.